The zero-order chi connectivity index (χ0) is 14.2. The number of nitrogens with zero attached hydrogens (tertiary/aromatic N) is 2. The summed E-state index contributed by atoms with van der Waals surface area (Å²) in [6.45, 7) is 4.00. The molecular weight excluding hydrogens is 260 g/mol. The molecule has 5 nitrogen and oxygen atoms in total. The number of aromatic nitrogens is 2. The fraction of sp³-hybridized carbons (Fsp3) is 0.231. The van der Waals surface area contributed by atoms with Crippen molar-refractivity contribution < 1.29 is 4.79 Å². The van der Waals surface area contributed by atoms with Crippen molar-refractivity contribution in [3.05, 3.63) is 34.9 Å². The standard InChI is InChI=1S/C13H16N4OS/c1-7-4-5-9(8(2)6-7)17-11(14)10(12(15)18)13(16-17)19-3/h4-6H,14H2,1-3H3,(H2,15,18). The van der Waals surface area contributed by atoms with E-state index in [1.165, 1.54) is 11.8 Å². The largest absolute Gasteiger partial charge is 0.383 e. The number of primary amides is 1. The second kappa shape index (κ2) is 4.97. The first-order valence-electron chi connectivity index (χ1n) is 5.75. The molecule has 2 rings (SSSR count). The maximum absolute atomic E-state index is 11.5. The van der Waals surface area contributed by atoms with Crippen LogP contribution in [0.15, 0.2) is 23.2 Å². The number of carbonyl (C=O) groups excluding carboxylic acids is 1. The van der Waals surface area contributed by atoms with Gasteiger partial charge in [0.05, 0.1) is 5.69 Å². The van der Waals surface area contributed by atoms with E-state index in [4.69, 9.17) is 11.5 Å². The van der Waals surface area contributed by atoms with Crippen molar-refractivity contribution in [1.82, 2.24) is 9.78 Å². The van der Waals surface area contributed by atoms with Gasteiger partial charge < -0.3 is 11.5 Å². The van der Waals surface area contributed by atoms with Gasteiger partial charge in [-0.15, -0.1) is 11.8 Å². The number of benzene rings is 1. The molecule has 0 atom stereocenters. The highest BCUT2D eigenvalue weighted by Gasteiger charge is 2.20. The summed E-state index contributed by atoms with van der Waals surface area (Å²) in [5.41, 5.74) is 14.7. The highest BCUT2D eigenvalue weighted by Crippen LogP contribution is 2.28. The summed E-state index contributed by atoms with van der Waals surface area (Å²) < 4.78 is 1.57. The first-order chi connectivity index (χ1) is 8.95. The van der Waals surface area contributed by atoms with E-state index in [1.807, 2.05) is 38.3 Å². The number of nitrogen functional groups attached to an aromatic ring is 1. The molecule has 0 bridgehead atoms. The van der Waals surface area contributed by atoms with Crippen molar-refractivity contribution in [2.45, 2.75) is 18.9 Å². The Morgan fingerprint density at radius 3 is 2.53 bits per heavy atom. The number of anilines is 1. The van der Waals surface area contributed by atoms with Crippen molar-refractivity contribution in [2.75, 3.05) is 12.0 Å². The summed E-state index contributed by atoms with van der Waals surface area (Å²) in [4.78, 5) is 11.5. The Bertz CT molecular complexity index is 648. The molecule has 0 aliphatic carbocycles. The van der Waals surface area contributed by atoms with Crippen LogP contribution in [0.4, 0.5) is 5.82 Å². The van der Waals surface area contributed by atoms with Crippen molar-refractivity contribution in [1.29, 1.82) is 0 Å². The molecule has 1 heterocycles. The SMILES string of the molecule is CSc1nn(-c2ccc(C)cc2C)c(N)c1C(N)=O. The molecule has 1 amide bonds. The molecule has 0 unspecified atom stereocenters. The van der Waals surface area contributed by atoms with Crippen molar-refractivity contribution in [3.8, 4) is 5.69 Å². The van der Waals surface area contributed by atoms with Gasteiger partial charge in [0.15, 0.2) is 0 Å². The molecule has 6 heteroatoms. The number of carbonyl (C=O) groups is 1. The van der Waals surface area contributed by atoms with E-state index >= 15 is 0 Å². The lowest BCUT2D eigenvalue weighted by Crippen LogP contribution is -2.14. The molecule has 0 aliphatic rings. The van der Waals surface area contributed by atoms with Gasteiger partial charge in [-0.25, -0.2) is 4.68 Å². The lowest BCUT2D eigenvalue weighted by atomic mass is 10.1. The molecule has 1 aromatic carbocycles. The van der Waals surface area contributed by atoms with Crippen molar-refractivity contribution >= 4 is 23.5 Å². The van der Waals surface area contributed by atoms with Gasteiger partial charge in [0, 0.05) is 0 Å². The smallest absolute Gasteiger partial charge is 0.255 e. The average molecular weight is 276 g/mol. The van der Waals surface area contributed by atoms with Gasteiger partial charge in [-0.1, -0.05) is 17.7 Å². The molecule has 100 valence electrons. The Balaban J connectivity index is 2.66. The molecule has 19 heavy (non-hydrogen) atoms. The zero-order valence-electron chi connectivity index (χ0n) is 11.1. The molecule has 0 aliphatic heterocycles. The minimum absolute atomic E-state index is 0.281. The van der Waals surface area contributed by atoms with Gasteiger partial charge in [0.25, 0.3) is 5.91 Å². The maximum Gasteiger partial charge on any atom is 0.255 e. The van der Waals surface area contributed by atoms with Crippen LogP contribution in [-0.4, -0.2) is 21.9 Å². The third kappa shape index (κ3) is 2.31. The van der Waals surface area contributed by atoms with Crippen LogP contribution >= 0.6 is 11.8 Å². The molecule has 2 aromatic rings. The predicted molar refractivity (Wildman–Crippen MR) is 77.7 cm³/mol. The monoisotopic (exact) mass is 276 g/mol. The van der Waals surface area contributed by atoms with E-state index in [1.54, 1.807) is 4.68 Å². The molecular formula is C13H16N4OS. The number of amides is 1. The summed E-state index contributed by atoms with van der Waals surface area (Å²) in [5.74, 6) is -0.276. The van der Waals surface area contributed by atoms with E-state index in [0.717, 1.165) is 16.8 Å². The lowest BCUT2D eigenvalue weighted by Gasteiger charge is -2.08. The minimum Gasteiger partial charge on any atom is -0.383 e. The molecule has 0 radical (unpaired) electrons. The second-order valence-electron chi connectivity index (χ2n) is 4.34. The highest BCUT2D eigenvalue weighted by molar-refractivity contribution is 7.98. The Kier molecular flexibility index (Phi) is 3.53. The van der Waals surface area contributed by atoms with E-state index in [-0.39, 0.29) is 11.4 Å². The molecule has 4 N–H and O–H groups in total. The van der Waals surface area contributed by atoms with Crippen molar-refractivity contribution in [2.24, 2.45) is 5.73 Å². The minimum atomic E-state index is -0.558. The van der Waals surface area contributed by atoms with Crippen LogP contribution in [0.5, 0.6) is 0 Å². The summed E-state index contributed by atoms with van der Waals surface area (Å²) in [6.07, 6.45) is 1.83. The number of thioether (sulfide) groups is 1. The normalized spacial score (nSPS) is 10.7. The fourth-order valence-corrected chi connectivity index (χ4v) is 2.58. The first-order valence-corrected chi connectivity index (χ1v) is 6.98. The maximum atomic E-state index is 11.5. The van der Waals surface area contributed by atoms with E-state index in [0.29, 0.717) is 5.03 Å². The molecule has 0 spiro atoms. The number of aryl methyl sites for hydroxylation is 2. The van der Waals surface area contributed by atoms with Crippen LogP contribution < -0.4 is 11.5 Å². The Morgan fingerprint density at radius 1 is 1.37 bits per heavy atom. The van der Waals surface area contributed by atoms with Crippen molar-refractivity contribution in [3.63, 3.8) is 0 Å². The average Bonchev–Trinajstić information content (AvgIpc) is 2.66. The number of rotatable bonds is 3. The lowest BCUT2D eigenvalue weighted by molar-refractivity contribution is 0.0998. The van der Waals surface area contributed by atoms with Gasteiger partial charge in [0.1, 0.15) is 16.4 Å². The summed E-state index contributed by atoms with van der Waals surface area (Å²) in [6, 6.07) is 5.95. The van der Waals surface area contributed by atoms with Gasteiger partial charge in [0.2, 0.25) is 0 Å². The number of hydrogen-bond acceptors (Lipinski definition) is 4. The Morgan fingerprint density at radius 2 is 2.05 bits per heavy atom. The summed E-state index contributed by atoms with van der Waals surface area (Å²) in [5, 5.41) is 4.91. The molecule has 1 aromatic heterocycles. The highest BCUT2D eigenvalue weighted by atomic mass is 32.2. The second-order valence-corrected chi connectivity index (χ2v) is 5.13. The summed E-state index contributed by atoms with van der Waals surface area (Å²) in [7, 11) is 0. The van der Waals surface area contributed by atoms with E-state index in [2.05, 4.69) is 5.10 Å². The van der Waals surface area contributed by atoms with Gasteiger partial charge >= 0.3 is 0 Å². The van der Waals surface area contributed by atoms with Crippen LogP contribution in [0.25, 0.3) is 5.69 Å². The van der Waals surface area contributed by atoms with Crippen LogP contribution in [-0.2, 0) is 0 Å². The zero-order valence-corrected chi connectivity index (χ0v) is 11.9. The number of hydrogen-bond donors (Lipinski definition) is 2. The van der Waals surface area contributed by atoms with E-state index in [9.17, 15) is 4.79 Å². The van der Waals surface area contributed by atoms with Crippen LogP contribution in [0.3, 0.4) is 0 Å². The first kappa shape index (κ1) is 13.5. The van der Waals surface area contributed by atoms with Crippen LogP contribution in [0.2, 0.25) is 0 Å². The van der Waals surface area contributed by atoms with Crippen LogP contribution in [0, 0.1) is 13.8 Å². The third-order valence-electron chi connectivity index (χ3n) is 2.91. The Labute approximate surface area is 116 Å². The summed E-state index contributed by atoms with van der Waals surface area (Å²) >= 11 is 1.35. The third-order valence-corrected chi connectivity index (χ3v) is 3.58. The molecule has 0 fully saturated rings. The molecule has 0 saturated heterocycles. The van der Waals surface area contributed by atoms with Gasteiger partial charge in [-0.05, 0) is 31.7 Å². The van der Waals surface area contributed by atoms with Crippen LogP contribution in [0.1, 0.15) is 21.5 Å². The topological polar surface area (TPSA) is 86.9 Å². The van der Waals surface area contributed by atoms with Gasteiger partial charge in [-0.2, -0.15) is 5.10 Å². The van der Waals surface area contributed by atoms with E-state index < -0.39 is 5.91 Å². The quantitative estimate of drug-likeness (QED) is 0.838. The fourth-order valence-electron chi connectivity index (χ4n) is 2.01. The number of nitrogens with two attached hydrogens (primary N) is 2. The Hall–Kier alpha value is -1.95. The predicted octanol–water partition coefficient (Wildman–Crippen LogP) is 1.89. The van der Waals surface area contributed by atoms with Gasteiger partial charge in [-0.3, -0.25) is 4.79 Å². The molecule has 0 saturated carbocycles.